The van der Waals surface area contributed by atoms with E-state index < -0.39 is 11.6 Å². The minimum atomic E-state index is -1.01. The second-order valence-electron chi connectivity index (χ2n) is 3.56. The van der Waals surface area contributed by atoms with E-state index in [1.165, 1.54) is 7.11 Å². The summed E-state index contributed by atoms with van der Waals surface area (Å²) in [6.07, 6.45) is 4.28. The molecule has 0 bridgehead atoms. The largest absolute Gasteiger partial charge is 0.466 e. The van der Waals surface area contributed by atoms with Gasteiger partial charge in [0, 0.05) is 0 Å². The van der Waals surface area contributed by atoms with Crippen molar-refractivity contribution in [2.24, 2.45) is 0 Å². The van der Waals surface area contributed by atoms with Crippen molar-refractivity contribution in [1.82, 2.24) is 0 Å². The Hall–Kier alpha value is -0.830. The number of carbonyl (C=O) groups excluding carboxylic acids is 1. The Morgan fingerprint density at radius 2 is 1.92 bits per heavy atom. The summed E-state index contributed by atoms with van der Waals surface area (Å²) in [4.78, 5) is 11.1. The van der Waals surface area contributed by atoms with Crippen LogP contribution >= 0.6 is 0 Å². The molecule has 0 atom stereocenters. The van der Waals surface area contributed by atoms with E-state index in [9.17, 15) is 9.90 Å². The fraction of sp³-hybridized carbons (Fsp3) is 0.700. The molecule has 0 aromatic rings. The summed E-state index contributed by atoms with van der Waals surface area (Å²) in [6, 6.07) is 0. The first-order valence-corrected chi connectivity index (χ1v) is 4.60. The Labute approximate surface area is 78.4 Å². The Bertz CT molecular complexity index is 214. The quantitative estimate of drug-likeness (QED) is 0.521. The molecule has 0 unspecified atom stereocenters. The van der Waals surface area contributed by atoms with E-state index in [1.807, 2.05) is 0 Å². The van der Waals surface area contributed by atoms with Crippen molar-refractivity contribution in [3.8, 4) is 0 Å². The van der Waals surface area contributed by atoms with Gasteiger partial charge < -0.3 is 9.84 Å². The number of esters is 1. The van der Waals surface area contributed by atoms with E-state index in [0.717, 1.165) is 19.3 Å². The molecular formula is C10H16O3. The van der Waals surface area contributed by atoms with E-state index >= 15 is 0 Å². The van der Waals surface area contributed by atoms with Crippen molar-refractivity contribution in [3.63, 3.8) is 0 Å². The molecule has 1 fully saturated rings. The number of aliphatic hydroxyl groups is 1. The van der Waals surface area contributed by atoms with E-state index in [-0.39, 0.29) is 5.57 Å². The van der Waals surface area contributed by atoms with Gasteiger partial charge >= 0.3 is 5.97 Å². The highest BCUT2D eigenvalue weighted by Crippen LogP contribution is 2.33. The van der Waals surface area contributed by atoms with Crippen LogP contribution in [-0.4, -0.2) is 23.8 Å². The summed E-state index contributed by atoms with van der Waals surface area (Å²) in [5, 5.41) is 10.0. The number of rotatable bonds is 2. The molecule has 0 radical (unpaired) electrons. The zero-order chi connectivity index (χ0) is 9.90. The fourth-order valence-electron chi connectivity index (χ4n) is 1.75. The topological polar surface area (TPSA) is 46.5 Å². The molecule has 0 saturated heterocycles. The van der Waals surface area contributed by atoms with Gasteiger partial charge in [-0.3, -0.25) is 0 Å². The normalized spacial score (nSPS) is 20.8. The lowest BCUT2D eigenvalue weighted by molar-refractivity contribution is -0.139. The van der Waals surface area contributed by atoms with Crippen LogP contribution in [0.5, 0.6) is 0 Å². The second-order valence-corrected chi connectivity index (χ2v) is 3.56. The highest BCUT2D eigenvalue weighted by Gasteiger charge is 2.36. The van der Waals surface area contributed by atoms with Crippen LogP contribution in [0.25, 0.3) is 0 Å². The van der Waals surface area contributed by atoms with Gasteiger partial charge in [-0.25, -0.2) is 4.79 Å². The molecule has 0 aliphatic heterocycles. The van der Waals surface area contributed by atoms with E-state index in [2.05, 4.69) is 11.3 Å². The lowest BCUT2D eigenvalue weighted by atomic mass is 9.80. The molecule has 1 aliphatic rings. The van der Waals surface area contributed by atoms with Crippen LogP contribution < -0.4 is 0 Å². The average molecular weight is 184 g/mol. The summed E-state index contributed by atoms with van der Waals surface area (Å²) in [6.45, 7) is 3.60. The third-order valence-electron chi connectivity index (χ3n) is 2.67. The van der Waals surface area contributed by atoms with Gasteiger partial charge in [-0.05, 0) is 12.8 Å². The Balaban J connectivity index is 2.67. The molecule has 0 spiro atoms. The number of hydrogen-bond acceptors (Lipinski definition) is 3. The summed E-state index contributed by atoms with van der Waals surface area (Å²) in [5.41, 5.74) is -0.805. The third-order valence-corrected chi connectivity index (χ3v) is 2.67. The fourth-order valence-corrected chi connectivity index (χ4v) is 1.75. The van der Waals surface area contributed by atoms with Crippen LogP contribution in [0.15, 0.2) is 12.2 Å². The van der Waals surface area contributed by atoms with Crippen LogP contribution in [0.2, 0.25) is 0 Å². The third kappa shape index (κ3) is 2.10. The minimum absolute atomic E-state index is 0.203. The van der Waals surface area contributed by atoms with Gasteiger partial charge in [0.15, 0.2) is 0 Å². The molecule has 1 aliphatic carbocycles. The molecule has 1 N–H and O–H groups in total. The number of ether oxygens (including phenoxy) is 1. The SMILES string of the molecule is C=C(C(=O)OC)C1(O)CCCCC1. The molecule has 0 aromatic carbocycles. The number of hydrogen-bond donors (Lipinski definition) is 1. The van der Waals surface area contributed by atoms with Crippen molar-refractivity contribution in [3.05, 3.63) is 12.2 Å². The number of methoxy groups -OCH3 is 1. The van der Waals surface area contributed by atoms with Gasteiger partial charge in [0.1, 0.15) is 0 Å². The van der Waals surface area contributed by atoms with Crippen molar-refractivity contribution in [1.29, 1.82) is 0 Å². The van der Waals surface area contributed by atoms with Gasteiger partial charge in [0.25, 0.3) is 0 Å². The summed E-state index contributed by atoms with van der Waals surface area (Å²) < 4.78 is 4.53. The summed E-state index contributed by atoms with van der Waals surface area (Å²) >= 11 is 0. The van der Waals surface area contributed by atoms with E-state index in [0.29, 0.717) is 12.8 Å². The van der Waals surface area contributed by atoms with Crippen LogP contribution in [0.3, 0.4) is 0 Å². The van der Waals surface area contributed by atoms with E-state index in [4.69, 9.17) is 0 Å². The second kappa shape index (κ2) is 3.92. The van der Waals surface area contributed by atoms with Crippen LogP contribution in [0, 0.1) is 0 Å². The molecule has 13 heavy (non-hydrogen) atoms. The first-order valence-electron chi connectivity index (χ1n) is 4.60. The summed E-state index contributed by atoms with van der Waals surface area (Å²) in [7, 11) is 1.31. The molecule has 74 valence electrons. The molecule has 0 heterocycles. The molecule has 3 nitrogen and oxygen atoms in total. The maximum Gasteiger partial charge on any atom is 0.336 e. The molecule has 1 rings (SSSR count). The first kappa shape index (κ1) is 10.3. The van der Waals surface area contributed by atoms with Gasteiger partial charge in [-0.1, -0.05) is 25.8 Å². The lowest BCUT2D eigenvalue weighted by Crippen LogP contribution is -2.36. The summed E-state index contributed by atoms with van der Waals surface area (Å²) in [5.74, 6) is -0.496. The molecule has 0 aromatic heterocycles. The predicted molar refractivity (Wildman–Crippen MR) is 49.2 cm³/mol. The van der Waals surface area contributed by atoms with Gasteiger partial charge in [-0.15, -0.1) is 0 Å². The highest BCUT2D eigenvalue weighted by molar-refractivity contribution is 5.89. The Morgan fingerprint density at radius 1 is 1.38 bits per heavy atom. The monoisotopic (exact) mass is 184 g/mol. The van der Waals surface area contributed by atoms with Crippen LogP contribution in [-0.2, 0) is 9.53 Å². The lowest BCUT2D eigenvalue weighted by Gasteiger charge is -2.32. The minimum Gasteiger partial charge on any atom is -0.466 e. The van der Waals surface area contributed by atoms with Crippen molar-refractivity contribution >= 4 is 5.97 Å². The zero-order valence-electron chi connectivity index (χ0n) is 8.01. The van der Waals surface area contributed by atoms with Gasteiger partial charge in [0.05, 0.1) is 18.3 Å². The van der Waals surface area contributed by atoms with Crippen molar-refractivity contribution < 1.29 is 14.6 Å². The van der Waals surface area contributed by atoms with E-state index in [1.54, 1.807) is 0 Å². The van der Waals surface area contributed by atoms with Gasteiger partial charge in [0.2, 0.25) is 0 Å². The average Bonchev–Trinajstić information content (AvgIpc) is 2.16. The zero-order valence-corrected chi connectivity index (χ0v) is 8.01. The van der Waals surface area contributed by atoms with Crippen molar-refractivity contribution in [2.45, 2.75) is 37.7 Å². The molecular weight excluding hydrogens is 168 g/mol. The smallest absolute Gasteiger partial charge is 0.336 e. The predicted octanol–water partition coefficient (Wildman–Crippen LogP) is 1.41. The standard InChI is InChI=1S/C10H16O3/c1-8(9(11)13-2)10(12)6-4-3-5-7-10/h12H,1,3-7H2,2H3. The Morgan fingerprint density at radius 3 is 2.38 bits per heavy atom. The Kier molecular flexibility index (Phi) is 3.09. The number of carbonyl (C=O) groups is 1. The van der Waals surface area contributed by atoms with Crippen LogP contribution in [0.1, 0.15) is 32.1 Å². The first-order chi connectivity index (χ1) is 6.10. The molecule has 1 saturated carbocycles. The van der Waals surface area contributed by atoms with Crippen molar-refractivity contribution in [2.75, 3.05) is 7.11 Å². The maximum atomic E-state index is 11.1. The van der Waals surface area contributed by atoms with Gasteiger partial charge in [-0.2, -0.15) is 0 Å². The van der Waals surface area contributed by atoms with Crippen LogP contribution in [0.4, 0.5) is 0 Å². The maximum absolute atomic E-state index is 11.1. The molecule has 0 amide bonds. The highest BCUT2D eigenvalue weighted by atomic mass is 16.5. The molecule has 3 heteroatoms.